The van der Waals surface area contributed by atoms with E-state index >= 15 is 4.39 Å². The Bertz CT molecular complexity index is 2310. The second kappa shape index (κ2) is 16.0. The number of hydrogen-bond donors (Lipinski definition) is 3. The molecule has 2 saturated carbocycles. The molecule has 5 fully saturated rings. The highest BCUT2D eigenvalue weighted by molar-refractivity contribution is 6.01. The van der Waals surface area contributed by atoms with Crippen LogP contribution in [-0.2, 0) is 14.3 Å². The van der Waals surface area contributed by atoms with E-state index in [0.29, 0.717) is 80.1 Å². The summed E-state index contributed by atoms with van der Waals surface area (Å²) in [5.41, 5.74) is 2.29. The van der Waals surface area contributed by atoms with Gasteiger partial charge >= 0.3 is 6.09 Å². The monoisotopic (exact) mass is 813 g/mol. The van der Waals surface area contributed by atoms with E-state index in [1.54, 1.807) is 54.7 Å². The molecule has 3 amide bonds. The fourth-order valence-electron chi connectivity index (χ4n) is 9.37. The zero-order valence-electron chi connectivity index (χ0n) is 32.6. The summed E-state index contributed by atoms with van der Waals surface area (Å²) in [5, 5.41) is 8.70. The van der Waals surface area contributed by atoms with Gasteiger partial charge in [0.25, 0.3) is 5.56 Å². The minimum absolute atomic E-state index is 0. The molecule has 5 aliphatic rings. The maximum atomic E-state index is 15.2. The Hall–Kier alpha value is -5.90. The lowest BCUT2D eigenvalue weighted by Gasteiger charge is -2.61. The van der Waals surface area contributed by atoms with Crippen LogP contribution in [0.1, 0.15) is 55.6 Å². The molecule has 16 heteroatoms. The Morgan fingerprint density at radius 3 is 2.42 bits per heavy atom. The number of piperidine rings is 1. The molecule has 314 valence electrons. The number of piperazine rings is 1. The highest BCUT2D eigenvalue weighted by Gasteiger charge is 2.55. The predicted molar refractivity (Wildman–Crippen MR) is 223 cm³/mol. The van der Waals surface area contributed by atoms with Gasteiger partial charge in [-0.25, -0.2) is 23.5 Å². The van der Waals surface area contributed by atoms with Crippen LogP contribution in [0.3, 0.4) is 0 Å². The zero-order valence-corrected chi connectivity index (χ0v) is 32.6. The van der Waals surface area contributed by atoms with E-state index in [0.717, 1.165) is 45.0 Å². The number of carbonyl (C=O) groups excluding carboxylic acids is 3. The molecule has 3 N–H and O–H groups in total. The minimum atomic E-state index is -0.564. The molecule has 1 unspecified atom stereocenters. The van der Waals surface area contributed by atoms with E-state index < -0.39 is 11.9 Å². The van der Waals surface area contributed by atoms with Crippen LogP contribution < -0.4 is 26.4 Å². The number of halogens is 2. The van der Waals surface area contributed by atoms with Gasteiger partial charge in [0, 0.05) is 96.7 Å². The Kier molecular flexibility index (Phi) is 10.5. The number of nitrogens with one attached hydrogen (secondary N) is 3. The van der Waals surface area contributed by atoms with Gasteiger partial charge in [0.1, 0.15) is 23.7 Å². The molecule has 59 heavy (non-hydrogen) atoms. The SMILES string of the molecule is O=C1CCC(Nc2ccc(N3CCN(C4CC5(C4)CN(C(=O)OC4CCC(Nc6ncc(F)c(-c7cccc(-n8ccccc8=O)c7)n6)CC4)C5)CC3)c(F)c2)C(=O)N1.[HH].[HH].[HH]. The summed E-state index contributed by atoms with van der Waals surface area (Å²) >= 11 is 0. The molecule has 0 radical (unpaired) electrons. The topological polar surface area (TPSA) is 154 Å². The Morgan fingerprint density at radius 1 is 0.881 bits per heavy atom. The number of aromatic nitrogens is 3. The maximum absolute atomic E-state index is 15.2. The van der Waals surface area contributed by atoms with Crippen molar-refractivity contribution in [2.45, 2.75) is 75.6 Å². The van der Waals surface area contributed by atoms with Gasteiger partial charge in [-0.15, -0.1) is 0 Å². The van der Waals surface area contributed by atoms with Crippen LogP contribution in [-0.4, -0.2) is 106 Å². The predicted octanol–water partition coefficient (Wildman–Crippen LogP) is 5.67. The van der Waals surface area contributed by atoms with Gasteiger partial charge < -0.3 is 25.2 Å². The van der Waals surface area contributed by atoms with E-state index in [4.69, 9.17) is 4.74 Å². The van der Waals surface area contributed by atoms with Gasteiger partial charge in [0.15, 0.2) is 5.82 Å². The normalized spacial score (nSPS) is 23.3. The van der Waals surface area contributed by atoms with Crippen LogP contribution in [0.4, 0.5) is 30.9 Å². The quantitative estimate of drug-likeness (QED) is 0.179. The van der Waals surface area contributed by atoms with Crippen LogP contribution in [0.25, 0.3) is 16.9 Å². The first-order valence-electron chi connectivity index (χ1n) is 20.5. The minimum Gasteiger partial charge on any atom is -0.446 e. The standard InChI is InChI=1S/C43H47F2N9O5.3H2/c44-33-21-29(47-35-12-14-37(55)49-40(35)57)9-13-36(33)52-18-16-51(17-19-52)31-22-43(23-31)25-53(26-43)42(58)59-32-10-7-28(8-11-32)48-41-46-24-34(45)39(50-41)27-4-3-5-30(20-27)54-15-2-1-6-38(54)56;;;/h1-6,9,13,15,20-21,24,28,31-32,35,47H,7-8,10-12,14,16-19,22-23,25-26H2,(H,46,48,50)(H,49,55,57);3*1H. The molecule has 14 nitrogen and oxygen atoms in total. The molecule has 1 spiro atoms. The number of pyridine rings is 1. The average Bonchev–Trinajstić information content (AvgIpc) is 3.20. The van der Waals surface area contributed by atoms with Crippen molar-refractivity contribution in [3.63, 3.8) is 0 Å². The maximum Gasteiger partial charge on any atom is 0.410 e. The number of nitrogens with zero attached hydrogens (tertiary/aromatic N) is 6. The molecular weight excluding hydrogens is 761 g/mol. The Morgan fingerprint density at radius 2 is 1.68 bits per heavy atom. The Labute approximate surface area is 344 Å². The number of amides is 3. The largest absolute Gasteiger partial charge is 0.446 e. The van der Waals surface area contributed by atoms with Crippen LogP contribution >= 0.6 is 0 Å². The molecule has 2 aromatic carbocycles. The van der Waals surface area contributed by atoms with Crippen LogP contribution in [0.15, 0.2) is 77.9 Å². The lowest BCUT2D eigenvalue weighted by molar-refractivity contribution is -0.133. The van der Waals surface area contributed by atoms with E-state index in [2.05, 4.69) is 35.7 Å². The van der Waals surface area contributed by atoms with E-state index in [1.165, 1.54) is 16.7 Å². The number of imide groups is 1. The fourth-order valence-corrected chi connectivity index (χ4v) is 9.37. The smallest absolute Gasteiger partial charge is 0.410 e. The highest BCUT2D eigenvalue weighted by atomic mass is 19.1. The second-order valence-electron chi connectivity index (χ2n) is 16.6. The number of benzene rings is 2. The van der Waals surface area contributed by atoms with Crippen LogP contribution in [0.5, 0.6) is 0 Å². The van der Waals surface area contributed by atoms with Gasteiger partial charge in [-0.3, -0.25) is 29.2 Å². The molecule has 4 aromatic rings. The average molecular weight is 814 g/mol. The number of likely N-dealkylation sites (tertiary alicyclic amines) is 1. The van der Waals surface area contributed by atoms with Crippen molar-refractivity contribution in [1.29, 1.82) is 0 Å². The summed E-state index contributed by atoms with van der Waals surface area (Å²) in [6.07, 6.45) is 8.00. The second-order valence-corrected chi connectivity index (χ2v) is 16.6. The van der Waals surface area contributed by atoms with Crippen molar-refractivity contribution in [3.8, 4) is 16.9 Å². The van der Waals surface area contributed by atoms with E-state index in [1.807, 2.05) is 4.90 Å². The lowest BCUT2D eigenvalue weighted by Crippen LogP contribution is -2.68. The van der Waals surface area contributed by atoms with Gasteiger partial charge in [0.05, 0.1) is 11.9 Å². The number of hydrogen-bond acceptors (Lipinski definition) is 11. The molecule has 2 aliphatic carbocycles. The summed E-state index contributed by atoms with van der Waals surface area (Å²) in [5.74, 6) is -1.27. The van der Waals surface area contributed by atoms with Gasteiger partial charge in [-0.2, -0.15) is 0 Å². The molecular formula is C43H53F2N9O5. The van der Waals surface area contributed by atoms with Crippen LogP contribution in [0, 0.1) is 17.0 Å². The van der Waals surface area contributed by atoms with Crippen molar-refractivity contribution in [1.82, 2.24) is 29.7 Å². The Balaban J connectivity index is 0.00000214. The van der Waals surface area contributed by atoms with Gasteiger partial charge in [0.2, 0.25) is 17.8 Å². The molecule has 9 rings (SSSR count). The van der Waals surface area contributed by atoms with Gasteiger partial charge in [-0.05, 0) is 81.3 Å². The van der Waals surface area contributed by atoms with Crippen LogP contribution in [0.2, 0.25) is 0 Å². The van der Waals surface area contributed by atoms with Crippen molar-refractivity contribution >= 4 is 35.2 Å². The number of rotatable bonds is 9. The van der Waals surface area contributed by atoms with E-state index in [-0.39, 0.29) is 63.2 Å². The van der Waals surface area contributed by atoms with Crippen molar-refractivity contribution in [3.05, 3.63) is 95.0 Å². The molecule has 5 heterocycles. The van der Waals surface area contributed by atoms with Crippen molar-refractivity contribution in [2.24, 2.45) is 5.41 Å². The third kappa shape index (κ3) is 8.22. The first-order chi connectivity index (χ1) is 28.6. The third-order valence-corrected chi connectivity index (χ3v) is 12.6. The van der Waals surface area contributed by atoms with E-state index in [9.17, 15) is 23.6 Å². The number of ether oxygens (including phenoxy) is 1. The molecule has 3 saturated heterocycles. The molecule has 3 aliphatic heterocycles. The summed E-state index contributed by atoms with van der Waals surface area (Å²) < 4.78 is 37.6. The third-order valence-electron chi connectivity index (χ3n) is 12.6. The first kappa shape index (κ1) is 38.6. The first-order valence-corrected chi connectivity index (χ1v) is 20.5. The van der Waals surface area contributed by atoms with Crippen molar-refractivity contribution in [2.75, 3.05) is 54.8 Å². The lowest BCUT2D eigenvalue weighted by atomic mass is 9.60. The molecule has 2 aromatic heterocycles. The summed E-state index contributed by atoms with van der Waals surface area (Å²) in [4.78, 5) is 64.0. The fraction of sp³-hybridized carbons (Fsp3) is 0.442. The molecule has 1 atom stereocenters. The summed E-state index contributed by atoms with van der Waals surface area (Å²) in [7, 11) is 0. The zero-order chi connectivity index (χ0) is 40.7. The highest BCUT2D eigenvalue weighted by Crippen LogP contribution is 2.50. The summed E-state index contributed by atoms with van der Waals surface area (Å²) in [6.45, 7) is 4.50. The number of carbonyl (C=O) groups is 3. The van der Waals surface area contributed by atoms with Gasteiger partial charge in [-0.1, -0.05) is 18.2 Å². The number of anilines is 3. The summed E-state index contributed by atoms with van der Waals surface area (Å²) in [6, 6.07) is 16.8. The van der Waals surface area contributed by atoms with Crippen molar-refractivity contribution < 1.29 is 32.2 Å². The molecule has 0 bridgehead atoms.